The Morgan fingerprint density at radius 3 is 2.45 bits per heavy atom. The molecule has 0 saturated heterocycles. The van der Waals surface area contributed by atoms with Gasteiger partial charge in [-0.2, -0.15) is 13.2 Å². The molecule has 0 unspecified atom stereocenters. The van der Waals surface area contributed by atoms with Crippen LogP contribution >= 0.6 is 11.8 Å². The first kappa shape index (κ1) is 16.9. The SMILES string of the molecule is CC(C)(C)SCC(=O)N(Cc1ccco1)CC(F)(F)F. The van der Waals surface area contributed by atoms with Crippen LogP contribution in [0.25, 0.3) is 0 Å². The van der Waals surface area contributed by atoms with E-state index in [-0.39, 0.29) is 17.0 Å². The fourth-order valence-electron chi connectivity index (χ4n) is 1.41. The van der Waals surface area contributed by atoms with Gasteiger partial charge in [0.25, 0.3) is 0 Å². The van der Waals surface area contributed by atoms with Gasteiger partial charge in [0.1, 0.15) is 12.3 Å². The molecular formula is C13H18F3NO2S. The third-order valence-electron chi connectivity index (χ3n) is 2.28. The average molecular weight is 309 g/mol. The van der Waals surface area contributed by atoms with Crippen molar-refractivity contribution in [3.05, 3.63) is 24.2 Å². The third kappa shape index (κ3) is 6.88. The lowest BCUT2D eigenvalue weighted by Crippen LogP contribution is -2.39. The quantitative estimate of drug-likeness (QED) is 0.831. The molecule has 0 atom stereocenters. The maximum absolute atomic E-state index is 12.5. The van der Waals surface area contributed by atoms with Crippen LogP contribution in [0.4, 0.5) is 13.2 Å². The predicted molar refractivity (Wildman–Crippen MR) is 72.4 cm³/mol. The zero-order chi connectivity index (χ0) is 15.4. The molecule has 0 aliphatic carbocycles. The Morgan fingerprint density at radius 2 is 2.00 bits per heavy atom. The lowest BCUT2D eigenvalue weighted by atomic mass is 10.3. The summed E-state index contributed by atoms with van der Waals surface area (Å²) in [5, 5.41) is 0. The van der Waals surface area contributed by atoms with E-state index in [9.17, 15) is 18.0 Å². The number of furan rings is 1. The highest BCUT2D eigenvalue weighted by molar-refractivity contribution is 8.01. The van der Waals surface area contributed by atoms with Crippen LogP contribution in [-0.4, -0.2) is 34.0 Å². The Hall–Kier alpha value is -1.11. The highest BCUT2D eigenvalue weighted by Gasteiger charge is 2.33. The summed E-state index contributed by atoms with van der Waals surface area (Å²) < 4.78 is 42.4. The largest absolute Gasteiger partial charge is 0.467 e. The van der Waals surface area contributed by atoms with Crippen LogP contribution in [0.2, 0.25) is 0 Å². The number of nitrogens with zero attached hydrogens (tertiary/aromatic N) is 1. The molecule has 0 spiro atoms. The lowest BCUT2D eigenvalue weighted by Gasteiger charge is -2.25. The van der Waals surface area contributed by atoms with E-state index in [2.05, 4.69) is 0 Å². The van der Waals surface area contributed by atoms with Crippen LogP contribution in [0.15, 0.2) is 22.8 Å². The van der Waals surface area contributed by atoms with Crippen molar-refractivity contribution in [3.63, 3.8) is 0 Å². The van der Waals surface area contributed by atoms with Crippen LogP contribution in [0.3, 0.4) is 0 Å². The highest BCUT2D eigenvalue weighted by atomic mass is 32.2. The van der Waals surface area contributed by atoms with Crippen LogP contribution in [0.1, 0.15) is 26.5 Å². The molecule has 0 aliphatic heterocycles. The van der Waals surface area contributed by atoms with Crippen molar-refractivity contribution in [1.82, 2.24) is 4.90 Å². The molecule has 3 nitrogen and oxygen atoms in total. The summed E-state index contributed by atoms with van der Waals surface area (Å²) in [4.78, 5) is 12.7. The lowest BCUT2D eigenvalue weighted by molar-refractivity contribution is -0.161. The second-order valence-corrected chi connectivity index (χ2v) is 7.15. The highest BCUT2D eigenvalue weighted by Crippen LogP contribution is 2.25. The summed E-state index contributed by atoms with van der Waals surface area (Å²) in [6, 6.07) is 3.13. The monoisotopic (exact) mass is 309 g/mol. The molecular weight excluding hydrogens is 291 g/mol. The molecule has 0 fully saturated rings. The first-order valence-electron chi connectivity index (χ1n) is 6.08. The summed E-state index contributed by atoms with van der Waals surface area (Å²) in [5.41, 5.74) is 0. The summed E-state index contributed by atoms with van der Waals surface area (Å²) in [5.74, 6) is -0.192. The number of carbonyl (C=O) groups is 1. The van der Waals surface area contributed by atoms with Crippen LogP contribution < -0.4 is 0 Å². The van der Waals surface area contributed by atoms with E-state index >= 15 is 0 Å². The summed E-state index contributed by atoms with van der Waals surface area (Å²) >= 11 is 1.32. The van der Waals surface area contributed by atoms with Crippen LogP contribution in [-0.2, 0) is 11.3 Å². The Bertz CT molecular complexity index is 424. The predicted octanol–water partition coefficient (Wildman–Crippen LogP) is 3.70. The fourth-order valence-corrected chi connectivity index (χ4v) is 2.15. The van der Waals surface area contributed by atoms with Gasteiger partial charge in [-0.1, -0.05) is 20.8 Å². The number of amides is 1. The second-order valence-electron chi connectivity index (χ2n) is 5.35. The zero-order valence-electron chi connectivity index (χ0n) is 11.7. The summed E-state index contributed by atoms with van der Waals surface area (Å²) in [7, 11) is 0. The number of halogens is 3. The average Bonchev–Trinajstić information content (AvgIpc) is 2.74. The van der Waals surface area contributed by atoms with Crippen molar-refractivity contribution in [3.8, 4) is 0 Å². The van der Waals surface area contributed by atoms with E-state index in [1.165, 1.54) is 18.0 Å². The van der Waals surface area contributed by atoms with E-state index in [4.69, 9.17) is 4.42 Å². The normalized spacial score (nSPS) is 12.5. The topological polar surface area (TPSA) is 33.5 Å². The molecule has 0 N–H and O–H groups in total. The maximum atomic E-state index is 12.5. The second kappa shape index (κ2) is 6.56. The van der Waals surface area contributed by atoms with Crippen molar-refractivity contribution in [2.45, 2.75) is 38.2 Å². The molecule has 1 amide bonds. The number of hydrogen-bond acceptors (Lipinski definition) is 3. The third-order valence-corrected chi connectivity index (χ3v) is 3.54. The van der Waals surface area contributed by atoms with Crippen molar-refractivity contribution >= 4 is 17.7 Å². The van der Waals surface area contributed by atoms with E-state index < -0.39 is 18.6 Å². The van der Waals surface area contributed by atoms with Gasteiger partial charge < -0.3 is 9.32 Å². The Labute approximate surface area is 120 Å². The molecule has 0 saturated carbocycles. The van der Waals surface area contributed by atoms with E-state index in [0.29, 0.717) is 5.76 Å². The van der Waals surface area contributed by atoms with E-state index in [1.807, 2.05) is 20.8 Å². The minimum absolute atomic E-state index is 0.0142. The number of rotatable bonds is 5. The smallest absolute Gasteiger partial charge is 0.406 e. The van der Waals surface area contributed by atoms with Crippen molar-refractivity contribution in [1.29, 1.82) is 0 Å². The maximum Gasteiger partial charge on any atom is 0.406 e. The molecule has 0 radical (unpaired) electrons. The zero-order valence-corrected chi connectivity index (χ0v) is 12.5. The minimum Gasteiger partial charge on any atom is -0.467 e. The summed E-state index contributed by atoms with van der Waals surface area (Å²) in [6.07, 6.45) is -3.05. The van der Waals surface area contributed by atoms with Crippen LogP contribution in [0.5, 0.6) is 0 Å². The molecule has 1 aromatic heterocycles. The van der Waals surface area contributed by atoms with E-state index in [1.54, 1.807) is 12.1 Å². The van der Waals surface area contributed by atoms with Gasteiger partial charge in [-0.15, -0.1) is 11.8 Å². The molecule has 7 heteroatoms. The number of alkyl halides is 3. The number of hydrogen-bond donors (Lipinski definition) is 0. The van der Waals surface area contributed by atoms with Gasteiger partial charge in [0.15, 0.2) is 0 Å². The molecule has 1 aromatic rings. The Morgan fingerprint density at radius 1 is 1.35 bits per heavy atom. The van der Waals surface area contributed by atoms with Gasteiger partial charge in [0.05, 0.1) is 18.6 Å². The minimum atomic E-state index is -4.42. The Balaban J connectivity index is 2.68. The summed E-state index contributed by atoms with van der Waals surface area (Å²) in [6.45, 7) is 4.29. The molecule has 0 aromatic carbocycles. The fraction of sp³-hybridized carbons (Fsp3) is 0.615. The first-order chi connectivity index (χ1) is 9.07. The Kier molecular flexibility index (Phi) is 5.56. The van der Waals surface area contributed by atoms with Gasteiger partial charge in [0.2, 0.25) is 5.91 Å². The molecule has 1 rings (SSSR count). The van der Waals surface area contributed by atoms with Crippen molar-refractivity contribution < 1.29 is 22.4 Å². The molecule has 0 bridgehead atoms. The van der Waals surface area contributed by atoms with Gasteiger partial charge in [-0.3, -0.25) is 4.79 Å². The van der Waals surface area contributed by atoms with Crippen molar-refractivity contribution in [2.75, 3.05) is 12.3 Å². The van der Waals surface area contributed by atoms with Gasteiger partial charge in [-0.05, 0) is 12.1 Å². The standard InChI is InChI=1S/C13H18F3NO2S/c1-12(2,3)20-8-11(18)17(9-13(14,15)16)7-10-5-4-6-19-10/h4-6H,7-9H2,1-3H3. The molecule has 0 aliphatic rings. The van der Waals surface area contributed by atoms with Crippen molar-refractivity contribution in [2.24, 2.45) is 0 Å². The van der Waals surface area contributed by atoms with Gasteiger partial charge in [0, 0.05) is 4.75 Å². The van der Waals surface area contributed by atoms with Gasteiger partial charge in [-0.25, -0.2) is 0 Å². The van der Waals surface area contributed by atoms with E-state index in [0.717, 1.165) is 4.90 Å². The molecule has 20 heavy (non-hydrogen) atoms. The first-order valence-corrected chi connectivity index (χ1v) is 7.06. The van der Waals surface area contributed by atoms with Gasteiger partial charge >= 0.3 is 6.18 Å². The number of thioether (sulfide) groups is 1. The van der Waals surface area contributed by atoms with Crippen LogP contribution in [0, 0.1) is 0 Å². The molecule has 114 valence electrons. The number of carbonyl (C=O) groups excluding carboxylic acids is 1. The molecule has 1 heterocycles.